The van der Waals surface area contributed by atoms with Crippen LogP contribution in [0.25, 0.3) is 0 Å². The fourth-order valence-corrected chi connectivity index (χ4v) is 2.63. The van der Waals surface area contributed by atoms with E-state index in [1.54, 1.807) is 0 Å². The normalized spacial score (nSPS) is 12.6. The molecule has 0 aliphatic heterocycles. The lowest BCUT2D eigenvalue weighted by atomic mass is 10.0. The molecule has 1 unspecified atom stereocenters. The standard InChI is InChI=1S/C16H27ClN2/c1-3-4-5-6-7-8-9-12-15(18-2)16-14(17)11-10-13-19-16/h10-11,13,15,18H,3-9,12H2,1-2H3. The molecular formula is C16H27ClN2. The summed E-state index contributed by atoms with van der Waals surface area (Å²) in [5, 5.41) is 4.09. The minimum absolute atomic E-state index is 0.282. The van der Waals surface area contributed by atoms with Crippen LogP contribution in [-0.2, 0) is 0 Å². The van der Waals surface area contributed by atoms with Gasteiger partial charge >= 0.3 is 0 Å². The van der Waals surface area contributed by atoms with Crippen molar-refractivity contribution in [2.24, 2.45) is 0 Å². The Morgan fingerprint density at radius 3 is 2.47 bits per heavy atom. The Morgan fingerprint density at radius 2 is 1.84 bits per heavy atom. The third-order valence-corrected chi connectivity index (χ3v) is 3.88. The highest BCUT2D eigenvalue weighted by atomic mass is 35.5. The van der Waals surface area contributed by atoms with E-state index >= 15 is 0 Å². The van der Waals surface area contributed by atoms with E-state index in [1.807, 2.05) is 25.4 Å². The van der Waals surface area contributed by atoms with Crippen LogP contribution in [0.5, 0.6) is 0 Å². The molecule has 1 heterocycles. The highest BCUT2D eigenvalue weighted by Gasteiger charge is 2.13. The summed E-state index contributed by atoms with van der Waals surface area (Å²) in [4.78, 5) is 4.39. The molecule has 3 heteroatoms. The Hall–Kier alpha value is -0.600. The molecule has 19 heavy (non-hydrogen) atoms. The van der Waals surface area contributed by atoms with Crippen LogP contribution in [0.1, 0.15) is 70.0 Å². The van der Waals surface area contributed by atoms with E-state index in [2.05, 4.69) is 17.2 Å². The molecule has 0 radical (unpaired) electrons. The topological polar surface area (TPSA) is 24.9 Å². The molecule has 0 amide bonds. The van der Waals surface area contributed by atoms with E-state index in [0.717, 1.165) is 17.1 Å². The summed E-state index contributed by atoms with van der Waals surface area (Å²) >= 11 is 6.19. The first kappa shape index (κ1) is 16.5. The summed E-state index contributed by atoms with van der Waals surface area (Å²) in [6.45, 7) is 2.26. The fraction of sp³-hybridized carbons (Fsp3) is 0.688. The smallest absolute Gasteiger partial charge is 0.0758 e. The lowest BCUT2D eigenvalue weighted by molar-refractivity contribution is 0.488. The lowest BCUT2D eigenvalue weighted by Crippen LogP contribution is -2.18. The van der Waals surface area contributed by atoms with Crippen molar-refractivity contribution in [1.29, 1.82) is 0 Å². The van der Waals surface area contributed by atoms with Crippen LogP contribution < -0.4 is 5.32 Å². The first-order valence-electron chi connectivity index (χ1n) is 7.57. The van der Waals surface area contributed by atoms with Crippen molar-refractivity contribution in [1.82, 2.24) is 10.3 Å². The average molecular weight is 283 g/mol. The number of hydrogen-bond acceptors (Lipinski definition) is 2. The number of pyridine rings is 1. The molecule has 0 fully saturated rings. The Bertz CT molecular complexity index is 341. The van der Waals surface area contributed by atoms with Crippen molar-refractivity contribution < 1.29 is 0 Å². The molecule has 0 saturated carbocycles. The van der Waals surface area contributed by atoms with Gasteiger partial charge in [-0.2, -0.15) is 0 Å². The number of hydrogen-bond donors (Lipinski definition) is 1. The average Bonchev–Trinajstić information content (AvgIpc) is 2.43. The maximum Gasteiger partial charge on any atom is 0.0758 e. The van der Waals surface area contributed by atoms with Crippen molar-refractivity contribution in [2.45, 2.75) is 64.3 Å². The maximum absolute atomic E-state index is 6.19. The number of rotatable bonds is 10. The van der Waals surface area contributed by atoms with Gasteiger partial charge in [-0.25, -0.2) is 0 Å². The molecule has 0 bridgehead atoms. The Labute approximate surface area is 123 Å². The summed E-state index contributed by atoms with van der Waals surface area (Å²) in [5.41, 5.74) is 0.984. The quantitative estimate of drug-likeness (QED) is 0.601. The van der Waals surface area contributed by atoms with E-state index in [9.17, 15) is 0 Å². The second-order valence-electron chi connectivity index (χ2n) is 5.12. The summed E-state index contributed by atoms with van der Waals surface area (Å²) in [7, 11) is 1.98. The lowest BCUT2D eigenvalue weighted by Gasteiger charge is -2.16. The molecule has 0 aliphatic rings. The van der Waals surface area contributed by atoms with Gasteiger partial charge in [0.2, 0.25) is 0 Å². The predicted octanol–water partition coefficient (Wildman–Crippen LogP) is 5.14. The van der Waals surface area contributed by atoms with Gasteiger partial charge in [0.25, 0.3) is 0 Å². The van der Waals surface area contributed by atoms with Gasteiger partial charge in [0.1, 0.15) is 0 Å². The second-order valence-corrected chi connectivity index (χ2v) is 5.53. The molecule has 0 spiro atoms. The van der Waals surface area contributed by atoms with Crippen LogP contribution in [-0.4, -0.2) is 12.0 Å². The van der Waals surface area contributed by atoms with Gasteiger partial charge in [0, 0.05) is 6.20 Å². The van der Waals surface area contributed by atoms with Crippen molar-refractivity contribution in [3.05, 3.63) is 29.0 Å². The molecule has 0 aliphatic carbocycles. The predicted molar refractivity (Wildman–Crippen MR) is 83.7 cm³/mol. The minimum Gasteiger partial charge on any atom is -0.312 e. The molecule has 1 atom stereocenters. The third-order valence-electron chi connectivity index (χ3n) is 3.56. The molecule has 1 aromatic rings. The van der Waals surface area contributed by atoms with Gasteiger partial charge in [0.05, 0.1) is 16.8 Å². The van der Waals surface area contributed by atoms with Crippen molar-refractivity contribution in [2.75, 3.05) is 7.05 Å². The van der Waals surface area contributed by atoms with Gasteiger partial charge in [-0.05, 0) is 25.6 Å². The van der Waals surface area contributed by atoms with E-state index in [-0.39, 0.29) is 6.04 Å². The van der Waals surface area contributed by atoms with Crippen molar-refractivity contribution in [3.8, 4) is 0 Å². The van der Waals surface area contributed by atoms with Crippen LogP contribution in [0.3, 0.4) is 0 Å². The Morgan fingerprint density at radius 1 is 1.16 bits per heavy atom. The van der Waals surface area contributed by atoms with Crippen molar-refractivity contribution >= 4 is 11.6 Å². The number of nitrogens with one attached hydrogen (secondary N) is 1. The molecule has 108 valence electrons. The van der Waals surface area contributed by atoms with Crippen LogP contribution in [0.4, 0.5) is 0 Å². The number of nitrogens with zero attached hydrogens (tertiary/aromatic N) is 1. The van der Waals surface area contributed by atoms with Crippen LogP contribution >= 0.6 is 11.6 Å². The molecule has 0 aromatic carbocycles. The number of aromatic nitrogens is 1. The van der Waals surface area contributed by atoms with Gasteiger partial charge in [0.15, 0.2) is 0 Å². The van der Waals surface area contributed by atoms with Gasteiger partial charge in [-0.3, -0.25) is 4.98 Å². The SMILES string of the molecule is CCCCCCCCCC(NC)c1ncccc1Cl. The van der Waals surface area contributed by atoms with E-state index in [0.29, 0.717) is 0 Å². The Balaban J connectivity index is 2.24. The maximum atomic E-state index is 6.19. The monoisotopic (exact) mass is 282 g/mol. The van der Waals surface area contributed by atoms with Crippen molar-refractivity contribution in [3.63, 3.8) is 0 Å². The fourth-order valence-electron chi connectivity index (χ4n) is 2.38. The Kier molecular flexibility index (Phi) is 8.85. The molecule has 1 N–H and O–H groups in total. The van der Waals surface area contributed by atoms with E-state index in [4.69, 9.17) is 11.6 Å². The van der Waals surface area contributed by atoms with Crippen LogP contribution in [0.15, 0.2) is 18.3 Å². The van der Waals surface area contributed by atoms with Crippen LogP contribution in [0.2, 0.25) is 5.02 Å². The van der Waals surface area contributed by atoms with Gasteiger partial charge in [-0.1, -0.05) is 63.5 Å². The minimum atomic E-state index is 0.282. The van der Waals surface area contributed by atoms with Gasteiger partial charge in [-0.15, -0.1) is 0 Å². The summed E-state index contributed by atoms with van der Waals surface area (Å²) < 4.78 is 0. The highest BCUT2D eigenvalue weighted by molar-refractivity contribution is 6.31. The largest absolute Gasteiger partial charge is 0.312 e. The zero-order valence-electron chi connectivity index (χ0n) is 12.3. The summed E-state index contributed by atoms with van der Waals surface area (Å²) in [6.07, 6.45) is 12.3. The first-order valence-corrected chi connectivity index (χ1v) is 7.95. The van der Waals surface area contributed by atoms with Gasteiger partial charge < -0.3 is 5.32 Å². The number of halogens is 1. The van der Waals surface area contributed by atoms with E-state index in [1.165, 1.54) is 44.9 Å². The zero-order chi connectivity index (χ0) is 13.9. The third kappa shape index (κ3) is 6.40. The first-order chi connectivity index (χ1) is 9.29. The summed E-state index contributed by atoms with van der Waals surface area (Å²) in [5.74, 6) is 0. The number of unbranched alkanes of at least 4 members (excludes halogenated alkanes) is 6. The molecular weight excluding hydrogens is 256 g/mol. The van der Waals surface area contributed by atoms with E-state index < -0.39 is 0 Å². The molecule has 0 saturated heterocycles. The highest BCUT2D eigenvalue weighted by Crippen LogP contribution is 2.24. The molecule has 1 rings (SSSR count). The molecule has 1 aromatic heterocycles. The molecule has 2 nitrogen and oxygen atoms in total. The zero-order valence-corrected chi connectivity index (χ0v) is 13.0. The second kappa shape index (κ2) is 10.2. The summed E-state index contributed by atoms with van der Waals surface area (Å²) in [6, 6.07) is 4.08. The van der Waals surface area contributed by atoms with Crippen LogP contribution in [0, 0.1) is 0 Å².